The SMILES string of the molecule is Cn1c[c-]cn1.[Rb+]. The van der Waals surface area contributed by atoms with Gasteiger partial charge in [0.1, 0.15) is 0 Å². The largest absolute Gasteiger partial charge is 1.00 e. The zero-order chi connectivity index (χ0) is 4.41. The van der Waals surface area contributed by atoms with Gasteiger partial charge in [0.2, 0.25) is 0 Å². The van der Waals surface area contributed by atoms with Crippen molar-refractivity contribution in [2.24, 2.45) is 7.05 Å². The van der Waals surface area contributed by atoms with Crippen LogP contribution in [0.2, 0.25) is 0 Å². The number of aromatic nitrogens is 2. The number of aryl methyl sites for hydroxylation is 1. The van der Waals surface area contributed by atoms with Crippen molar-refractivity contribution >= 4 is 0 Å². The van der Waals surface area contributed by atoms with Crippen LogP contribution in [0.1, 0.15) is 0 Å². The van der Waals surface area contributed by atoms with Gasteiger partial charge < -0.3 is 10.7 Å². The molecule has 1 aromatic rings. The molecule has 0 atom stereocenters. The minimum absolute atomic E-state index is 0. The molecule has 2 nitrogen and oxygen atoms in total. The summed E-state index contributed by atoms with van der Waals surface area (Å²) in [5.41, 5.74) is 0. The van der Waals surface area contributed by atoms with Gasteiger partial charge in [-0.25, -0.2) is 5.10 Å². The summed E-state index contributed by atoms with van der Waals surface area (Å²) < 4.78 is 1.69. The smallest absolute Gasteiger partial charge is 0.432 e. The summed E-state index contributed by atoms with van der Waals surface area (Å²) in [6.07, 6.45) is 3.39. The molecular weight excluding hydrogens is 162 g/mol. The Bertz CT molecular complexity index is 113. The van der Waals surface area contributed by atoms with Gasteiger partial charge in [0.15, 0.2) is 0 Å². The van der Waals surface area contributed by atoms with E-state index in [-0.39, 0.29) is 58.2 Å². The van der Waals surface area contributed by atoms with Crippen LogP contribution in [0.15, 0.2) is 12.4 Å². The Morgan fingerprint density at radius 2 is 2.43 bits per heavy atom. The first-order chi connectivity index (χ1) is 2.89. The average molecular weight is 167 g/mol. The molecule has 0 aliphatic heterocycles. The van der Waals surface area contributed by atoms with E-state index >= 15 is 0 Å². The summed E-state index contributed by atoms with van der Waals surface area (Å²) in [5.74, 6) is 0. The van der Waals surface area contributed by atoms with E-state index < -0.39 is 0 Å². The van der Waals surface area contributed by atoms with Crippen molar-refractivity contribution in [3.05, 3.63) is 18.5 Å². The molecule has 0 aliphatic rings. The number of rotatable bonds is 0. The first kappa shape index (κ1) is 8.02. The second-order valence-corrected chi connectivity index (χ2v) is 1.11. The molecule has 0 bridgehead atoms. The predicted molar refractivity (Wildman–Crippen MR) is 22.0 cm³/mol. The van der Waals surface area contributed by atoms with Crippen LogP contribution in [0.5, 0.6) is 0 Å². The van der Waals surface area contributed by atoms with Gasteiger partial charge in [0, 0.05) is 7.05 Å². The van der Waals surface area contributed by atoms with E-state index in [4.69, 9.17) is 0 Å². The van der Waals surface area contributed by atoms with E-state index in [2.05, 4.69) is 11.2 Å². The van der Waals surface area contributed by atoms with Gasteiger partial charge in [-0.05, 0) is 0 Å². The summed E-state index contributed by atoms with van der Waals surface area (Å²) in [6, 6.07) is 2.78. The van der Waals surface area contributed by atoms with Crippen molar-refractivity contribution < 1.29 is 58.2 Å². The normalized spacial score (nSPS) is 7.57. The molecule has 0 unspecified atom stereocenters. The van der Waals surface area contributed by atoms with E-state index in [1.165, 1.54) is 0 Å². The Kier molecular flexibility index (Phi) is 4.52. The molecular formula is C4H5N2Rb. The van der Waals surface area contributed by atoms with Crippen LogP contribution in [0.3, 0.4) is 0 Å². The Morgan fingerprint density at radius 1 is 1.71 bits per heavy atom. The van der Waals surface area contributed by atoms with Crippen LogP contribution in [0, 0.1) is 6.07 Å². The zero-order valence-electron chi connectivity index (χ0n) is 4.55. The molecule has 1 heterocycles. The molecule has 1 aromatic heterocycles. The second-order valence-electron chi connectivity index (χ2n) is 1.11. The van der Waals surface area contributed by atoms with Crippen LogP contribution in [-0.2, 0) is 7.05 Å². The molecule has 0 saturated carbocycles. The Labute approximate surface area is 91.7 Å². The molecule has 0 radical (unpaired) electrons. The van der Waals surface area contributed by atoms with Gasteiger partial charge in [-0.2, -0.15) is 6.20 Å². The molecule has 0 amide bonds. The minimum Gasteiger partial charge on any atom is -0.432 e. The van der Waals surface area contributed by atoms with Crippen molar-refractivity contribution in [1.29, 1.82) is 0 Å². The molecule has 3 heteroatoms. The van der Waals surface area contributed by atoms with Crippen LogP contribution in [0.4, 0.5) is 0 Å². The van der Waals surface area contributed by atoms with Gasteiger partial charge in [-0.1, -0.05) is 0 Å². The standard InChI is InChI=1S/C4H5N2.Rb/c1-6-4-2-3-5-6;/h3-4H,1H3;/q-1;+1. The van der Waals surface area contributed by atoms with Crippen LogP contribution >= 0.6 is 0 Å². The summed E-state index contributed by atoms with van der Waals surface area (Å²) in [7, 11) is 1.86. The summed E-state index contributed by atoms with van der Waals surface area (Å²) in [4.78, 5) is 0. The molecule has 0 saturated heterocycles. The second kappa shape index (κ2) is 3.95. The summed E-state index contributed by atoms with van der Waals surface area (Å²) >= 11 is 0. The molecule has 0 aliphatic carbocycles. The van der Waals surface area contributed by atoms with E-state index in [1.807, 2.05) is 7.05 Å². The first-order valence-electron chi connectivity index (χ1n) is 1.74. The van der Waals surface area contributed by atoms with Crippen molar-refractivity contribution in [3.63, 3.8) is 0 Å². The van der Waals surface area contributed by atoms with E-state index in [1.54, 1.807) is 17.1 Å². The zero-order valence-corrected chi connectivity index (χ0v) is 9.47. The van der Waals surface area contributed by atoms with Crippen molar-refractivity contribution in [3.8, 4) is 0 Å². The Hall–Kier alpha value is 1.02. The van der Waals surface area contributed by atoms with Crippen LogP contribution < -0.4 is 58.2 Å². The van der Waals surface area contributed by atoms with Gasteiger partial charge in [0.25, 0.3) is 0 Å². The number of nitrogens with zero attached hydrogens (tertiary/aromatic N) is 2. The monoisotopic (exact) mass is 166 g/mol. The van der Waals surface area contributed by atoms with Gasteiger partial charge >= 0.3 is 58.2 Å². The predicted octanol–water partition coefficient (Wildman–Crippen LogP) is -2.78. The summed E-state index contributed by atoms with van der Waals surface area (Å²) in [5, 5.41) is 3.78. The maximum Gasteiger partial charge on any atom is 1.00 e. The van der Waals surface area contributed by atoms with Crippen LogP contribution in [-0.4, -0.2) is 9.78 Å². The average Bonchev–Trinajstić information content (AvgIpc) is 1.86. The maximum absolute atomic E-state index is 3.78. The molecule has 0 N–H and O–H groups in total. The fourth-order valence-electron chi connectivity index (χ4n) is 0.299. The van der Waals surface area contributed by atoms with Crippen molar-refractivity contribution in [2.45, 2.75) is 0 Å². The van der Waals surface area contributed by atoms with E-state index in [0.29, 0.717) is 0 Å². The third-order valence-corrected chi connectivity index (χ3v) is 0.576. The molecule has 0 aromatic carbocycles. The molecule has 0 spiro atoms. The van der Waals surface area contributed by atoms with E-state index in [9.17, 15) is 0 Å². The van der Waals surface area contributed by atoms with Crippen molar-refractivity contribution in [2.75, 3.05) is 0 Å². The molecule has 1 rings (SSSR count). The maximum atomic E-state index is 3.78. The Balaban J connectivity index is 0.000000360. The van der Waals surface area contributed by atoms with Gasteiger partial charge in [-0.15, -0.1) is 6.20 Å². The van der Waals surface area contributed by atoms with Gasteiger partial charge in [-0.3, -0.25) is 0 Å². The fraction of sp³-hybridized carbons (Fsp3) is 0.250. The molecule has 32 valence electrons. The summed E-state index contributed by atoms with van der Waals surface area (Å²) in [6.45, 7) is 0. The number of hydrogen-bond donors (Lipinski definition) is 0. The minimum atomic E-state index is 0. The third kappa shape index (κ3) is 2.75. The first-order valence-corrected chi connectivity index (χ1v) is 1.74. The molecule has 0 fully saturated rings. The molecule has 7 heavy (non-hydrogen) atoms. The van der Waals surface area contributed by atoms with E-state index in [0.717, 1.165) is 0 Å². The quantitative estimate of drug-likeness (QED) is 0.382. The Morgan fingerprint density at radius 3 is 2.57 bits per heavy atom. The third-order valence-electron chi connectivity index (χ3n) is 0.576. The topological polar surface area (TPSA) is 17.8 Å². The van der Waals surface area contributed by atoms with Crippen molar-refractivity contribution in [1.82, 2.24) is 9.78 Å². The number of hydrogen-bond acceptors (Lipinski definition) is 1. The van der Waals surface area contributed by atoms with Crippen LogP contribution in [0.25, 0.3) is 0 Å². The fourth-order valence-corrected chi connectivity index (χ4v) is 0.299. The van der Waals surface area contributed by atoms with Gasteiger partial charge in [0.05, 0.1) is 0 Å².